The van der Waals surface area contributed by atoms with Crippen LogP contribution in [0.1, 0.15) is 22.8 Å². The molecular formula is C10H12O2. The predicted molar refractivity (Wildman–Crippen MR) is 47.2 cm³/mol. The van der Waals surface area contributed by atoms with Crippen molar-refractivity contribution in [2.75, 3.05) is 7.11 Å². The van der Waals surface area contributed by atoms with E-state index in [-0.39, 0.29) is 5.97 Å². The summed E-state index contributed by atoms with van der Waals surface area (Å²) in [4.78, 5) is 11.2. The first kappa shape index (κ1) is 8.78. The number of carbonyl (C=O) groups excluding carboxylic acids is 1. The Labute approximate surface area is 72.2 Å². The summed E-state index contributed by atoms with van der Waals surface area (Å²) in [5, 5.41) is 0. The molecule has 12 heavy (non-hydrogen) atoms. The van der Waals surface area contributed by atoms with Gasteiger partial charge in [0.25, 0.3) is 0 Å². The highest BCUT2D eigenvalue weighted by molar-refractivity contribution is 5.90. The van der Waals surface area contributed by atoms with Crippen LogP contribution in [0.25, 0.3) is 0 Å². The summed E-state index contributed by atoms with van der Waals surface area (Å²) in [5.41, 5.74) is 1.70. The molecule has 64 valence electrons. The van der Waals surface area contributed by atoms with Gasteiger partial charge in [0.2, 0.25) is 0 Å². The third kappa shape index (κ3) is 1.64. The number of hydrogen-bond acceptors (Lipinski definition) is 2. The van der Waals surface area contributed by atoms with Crippen LogP contribution in [0.2, 0.25) is 0 Å². The number of rotatable bonds is 2. The molecule has 0 unspecified atom stereocenters. The molecule has 0 aromatic heterocycles. The normalized spacial score (nSPS) is 9.50. The van der Waals surface area contributed by atoms with Crippen LogP contribution in [-0.4, -0.2) is 13.1 Å². The Morgan fingerprint density at radius 1 is 1.42 bits per heavy atom. The summed E-state index contributed by atoms with van der Waals surface area (Å²) in [6.45, 7) is 2.02. The maximum atomic E-state index is 11.2. The number of benzene rings is 1. The lowest BCUT2D eigenvalue weighted by molar-refractivity contribution is 0.0599. The predicted octanol–water partition coefficient (Wildman–Crippen LogP) is 2.04. The van der Waals surface area contributed by atoms with Gasteiger partial charge in [-0.3, -0.25) is 0 Å². The Bertz CT molecular complexity index is 279. The SMILES string of the molecule is CCc1ccccc1C(=O)OC. The lowest BCUT2D eigenvalue weighted by Gasteiger charge is -2.03. The number of ether oxygens (including phenoxy) is 1. The maximum absolute atomic E-state index is 11.2. The Hall–Kier alpha value is -1.31. The molecule has 1 aromatic carbocycles. The summed E-state index contributed by atoms with van der Waals surface area (Å²) in [6.07, 6.45) is 0.852. The van der Waals surface area contributed by atoms with E-state index in [0.717, 1.165) is 12.0 Å². The van der Waals surface area contributed by atoms with Crippen molar-refractivity contribution in [2.24, 2.45) is 0 Å². The zero-order chi connectivity index (χ0) is 8.97. The van der Waals surface area contributed by atoms with Gasteiger partial charge in [0.15, 0.2) is 0 Å². The van der Waals surface area contributed by atoms with Crippen molar-refractivity contribution >= 4 is 5.97 Å². The molecule has 0 radical (unpaired) electrons. The van der Waals surface area contributed by atoms with Gasteiger partial charge in [0, 0.05) is 0 Å². The van der Waals surface area contributed by atoms with Crippen LogP contribution in [0.5, 0.6) is 0 Å². The van der Waals surface area contributed by atoms with Crippen LogP contribution in [0.3, 0.4) is 0 Å². The van der Waals surface area contributed by atoms with E-state index in [0.29, 0.717) is 5.56 Å². The Morgan fingerprint density at radius 2 is 2.08 bits per heavy atom. The first-order valence-electron chi connectivity index (χ1n) is 3.95. The molecular weight excluding hydrogens is 152 g/mol. The molecule has 0 saturated carbocycles. The molecule has 0 atom stereocenters. The standard InChI is InChI=1S/C10H12O2/c1-3-8-6-4-5-7-9(8)10(11)12-2/h4-7H,3H2,1-2H3. The quantitative estimate of drug-likeness (QED) is 0.625. The van der Waals surface area contributed by atoms with E-state index in [9.17, 15) is 4.79 Å². The highest BCUT2D eigenvalue weighted by atomic mass is 16.5. The van der Waals surface area contributed by atoms with E-state index in [1.54, 1.807) is 6.07 Å². The van der Waals surface area contributed by atoms with Crippen LogP contribution in [0.4, 0.5) is 0 Å². The van der Waals surface area contributed by atoms with Crippen molar-refractivity contribution in [1.82, 2.24) is 0 Å². The van der Waals surface area contributed by atoms with E-state index >= 15 is 0 Å². The van der Waals surface area contributed by atoms with Gasteiger partial charge in [-0.15, -0.1) is 0 Å². The van der Waals surface area contributed by atoms with E-state index in [1.165, 1.54) is 7.11 Å². The van der Waals surface area contributed by atoms with Gasteiger partial charge in [-0.1, -0.05) is 25.1 Å². The summed E-state index contributed by atoms with van der Waals surface area (Å²) in [5.74, 6) is -0.257. The average Bonchev–Trinajstić information content (AvgIpc) is 2.16. The number of esters is 1. The van der Waals surface area contributed by atoms with Crippen molar-refractivity contribution in [3.8, 4) is 0 Å². The van der Waals surface area contributed by atoms with E-state index in [1.807, 2.05) is 25.1 Å². The zero-order valence-electron chi connectivity index (χ0n) is 7.33. The smallest absolute Gasteiger partial charge is 0.338 e. The summed E-state index contributed by atoms with van der Waals surface area (Å²) < 4.78 is 4.64. The molecule has 0 heterocycles. The van der Waals surface area contributed by atoms with Crippen molar-refractivity contribution in [1.29, 1.82) is 0 Å². The molecule has 0 saturated heterocycles. The lowest BCUT2D eigenvalue weighted by Crippen LogP contribution is -2.04. The minimum absolute atomic E-state index is 0.257. The minimum atomic E-state index is -0.257. The van der Waals surface area contributed by atoms with Crippen LogP contribution in [0.15, 0.2) is 24.3 Å². The summed E-state index contributed by atoms with van der Waals surface area (Å²) in [7, 11) is 1.40. The topological polar surface area (TPSA) is 26.3 Å². The Balaban J connectivity index is 3.04. The molecule has 0 fully saturated rings. The second kappa shape index (κ2) is 3.90. The fourth-order valence-electron chi connectivity index (χ4n) is 1.14. The molecule has 2 heteroatoms. The van der Waals surface area contributed by atoms with E-state index < -0.39 is 0 Å². The first-order valence-corrected chi connectivity index (χ1v) is 3.95. The number of hydrogen-bond donors (Lipinski definition) is 0. The average molecular weight is 164 g/mol. The van der Waals surface area contributed by atoms with E-state index in [4.69, 9.17) is 0 Å². The van der Waals surface area contributed by atoms with Crippen LogP contribution in [-0.2, 0) is 11.2 Å². The zero-order valence-corrected chi connectivity index (χ0v) is 7.33. The lowest BCUT2D eigenvalue weighted by atomic mass is 10.1. The number of carbonyl (C=O) groups is 1. The fourth-order valence-corrected chi connectivity index (χ4v) is 1.14. The minimum Gasteiger partial charge on any atom is -0.465 e. The molecule has 1 rings (SSSR count). The highest BCUT2D eigenvalue weighted by Crippen LogP contribution is 2.09. The molecule has 0 N–H and O–H groups in total. The summed E-state index contributed by atoms with van der Waals surface area (Å²) in [6, 6.07) is 7.48. The molecule has 1 aromatic rings. The third-order valence-electron chi connectivity index (χ3n) is 1.80. The number of methoxy groups -OCH3 is 1. The first-order chi connectivity index (χ1) is 5.79. The van der Waals surface area contributed by atoms with Gasteiger partial charge < -0.3 is 4.74 Å². The van der Waals surface area contributed by atoms with Gasteiger partial charge in [0.05, 0.1) is 12.7 Å². The second-order valence-electron chi connectivity index (χ2n) is 2.50. The Kier molecular flexibility index (Phi) is 2.86. The molecule has 0 amide bonds. The Morgan fingerprint density at radius 3 is 2.67 bits per heavy atom. The molecule has 0 aliphatic carbocycles. The maximum Gasteiger partial charge on any atom is 0.338 e. The van der Waals surface area contributed by atoms with Gasteiger partial charge in [-0.25, -0.2) is 4.79 Å². The fraction of sp³-hybridized carbons (Fsp3) is 0.300. The van der Waals surface area contributed by atoms with Gasteiger partial charge >= 0.3 is 5.97 Å². The van der Waals surface area contributed by atoms with Crippen molar-refractivity contribution in [3.63, 3.8) is 0 Å². The van der Waals surface area contributed by atoms with Crippen LogP contribution < -0.4 is 0 Å². The molecule has 0 spiro atoms. The third-order valence-corrected chi connectivity index (χ3v) is 1.80. The highest BCUT2D eigenvalue weighted by Gasteiger charge is 2.08. The molecule has 0 aliphatic rings. The van der Waals surface area contributed by atoms with Gasteiger partial charge in [-0.05, 0) is 18.1 Å². The monoisotopic (exact) mass is 164 g/mol. The number of aryl methyl sites for hydroxylation is 1. The second-order valence-corrected chi connectivity index (χ2v) is 2.50. The largest absolute Gasteiger partial charge is 0.465 e. The molecule has 2 nitrogen and oxygen atoms in total. The van der Waals surface area contributed by atoms with E-state index in [2.05, 4.69) is 4.74 Å². The molecule has 0 bridgehead atoms. The van der Waals surface area contributed by atoms with Gasteiger partial charge in [-0.2, -0.15) is 0 Å². The van der Waals surface area contributed by atoms with Gasteiger partial charge in [0.1, 0.15) is 0 Å². The van der Waals surface area contributed by atoms with Crippen LogP contribution in [0, 0.1) is 0 Å². The van der Waals surface area contributed by atoms with Crippen molar-refractivity contribution < 1.29 is 9.53 Å². The van der Waals surface area contributed by atoms with Crippen molar-refractivity contribution in [2.45, 2.75) is 13.3 Å². The molecule has 0 aliphatic heterocycles. The van der Waals surface area contributed by atoms with Crippen LogP contribution >= 0.6 is 0 Å². The summed E-state index contributed by atoms with van der Waals surface area (Å²) >= 11 is 0. The van der Waals surface area contributed by atoms with Crippen molar-refractivity contribution in [3.05, 3.63) is 35.4 Å².